The van der Waals surface area contributed by atoms with Crippen molar-refractivity contribution in [2.24, 2.45) is 0 Å². The third kappa shape index (κ3) is 15.7. The van der Waals surface area contributed by atoms with E-state index in [4.69, 9.17) is 12.3 Å². The SMILES string of the molecule is C=C(C)C(=O)N(CCCCCCC)CCC[Si](O[Si](C)(C)C)(O[Si](C)(C)C)O[Si](C)(C)C. The van der Waals surface area contributed by atoms with Gasteiger partial charge in [0.25, 0.3) is 0 Å². The molecule has 0 bridgehead atoms. The Morgan fingerprint density at radius 2 is 1.12 bits per heavy atom. The van der Waals surface area contributed by atoms with Crippen molar-refractivity contribution >= 4 is 39.7 Å². The van der Waals surface area contributed by atoms with Crippen molar-refractivity contribution < 1.29 is 17.1 Å². The van der Waals surface area contributed by atoms with E-state index in [-0.39, 0.29) is 5.91 Å². The molecule has 32 heavy (non-hydrogen) atoms. The number of carbonyl (C=O) groups is 1. The lowest BCUT2D eigenvalue weighted by atomic mass is 10.1. The Bertz CT molecular complexity index is 539. The van der Waals surface area contributed by atoms with Gasteiger partial charge in [-0.3, -0.25) is 4.79 Å². The van der Waals surface area contributed by atoms with E-state index >= 15 is 0 Å². The van der Waals surface area contributed by atoms with Gasteiger partial charge in [0.2, 0.25) is 5.91 Å². The van der Waals surface area contributed by atoms with E-state index < -0.39 is 33.8 Å². The van der Waals surface area contributed by atoms with Gasteiger partial charge in [-0.25, -0.2) is 0 Å². The molecule has 0 aromatic carbocycles. The minimum atomic E-state index is -2.85. The van der Waals surface area contributed by atoms with Crippen molar-refractivity contribution in [1.29, 1.82) is 0 Å². The van der Waals surface area contributed by atoms with Gasteiger partial charge < -0.3 is 17.2 Å². The molecule has 0 rings (SSSR count). The van der Waals surface area contributed by atoms with E-state index in [0.29, 0.717) is 12.1 Å². The lowest BCUT2D eigenvalue weighted by Gasteiger charge is -2.43. The van der Waals surface area contributed by atoms with Crippen LogP contribution in [0.3, 0.4) is 0 Å². The highest BCUT2D eigenvalue weighted by molar-refractivity contribution is 6.90. The Kier molecular flexibility index (Phi) is 13.7. The molecular formula is C23H53NO4Si4. The largest absolute Gasteiger partial charge is 0.469 e. The molecule has 0 N–H and O–H groups in total. The molecule has 0 spiro atoms. The standard InChI is InChI=1S/C23H53NO4Si4/c1-13-14-15-16-17-19-24(23(25)22(2)3)20-18-21-32(26-29(4,5)6,27-30(7,8)9)28-31(10,11)12/h2,13-21H2,1,3-12H3. The van der Waals surface area contributed by atoms with Gasteiger partial charge >= 0.3 is 8.80 Å². The van der Waals surface area contributed by atoms with Crippen molar-refractivity contribution in [3.05, 3.63) is 12.2 Å². The van der Waals surface area contributed by atoms with Crippen LogP contribution in [0.25, 0.3) is 0 Å². The Morgan fingerprint density at radius 3 is 1.50 bits per heavy atom. The first-order valence-electron chi connectivity index (χ1n) is 12.4. The molecule has 0 fully saturated rings. The van der Waals surface area contributed by atoms with Gasteiger partial charge in [0, 0.05) is 24.7 Å². The molecule has 0 unspecified atom stereocenters. The van der Waals surface area contributed by atoms with E-state index in [1.54, 1.807) is 0 Å². The molecule has 0 aliphatic heterocycles. The zero-order valence-corrected chi connectivity index (χ0v) is 27.2. The van der Waals surface area contributed by atoms with Gasteiger partial charge in [-0.1, -0.05) is 39.2 Å². The Labute approximate surface area is 204 Å². The molecule has 0 saturated heterocycles. The molecule has 1 amide bonds. The van der Waals surface area contributed by atoms with Crippen LogP contribution in [0.2, 0.25) is 65.0 Å². The van der Waals surface area contributed by atoms with E-state index in [1.165, 1.54) is 25.7 Å². The van der Waals surface area contributed by atoms with Crippen LogP contribution in [0.5, 0.6) is 0 Å². The van der Waals surface area contributed by atoms with Crippen LogP contribution < -0.4 is 0 Å². The molecule has 0 aliphatic carbocycles. The molecule has 0 aliphatic rings. The highest BCUT2D eigenvalue weighted by Crippen LogP contribution is 2.30. The zero-order chi connectivity index (χ0) is 25.2. The molecule has 0 saturated carbocycles. The number of unbranched alkanes of at least 4 members (excludes halogenated alkanes) is 4. The fraction of sp³-hybridized carbons (Fsp3) is 0.870. The van der Waals surface area contributed by atoms with Crippen molar-refractivity contribution in [2.75, 3.05) is 13.1 Å². The Hall–Kier alpha value is -0.0425. The summed E-state index contributed by atoms with van der Waals surface area (Å²) in [5.41, 5.74) is 0.608. The van der Waals surface area contributed by atoms with Crippen molar-refractivity contribution in [3.8, 4) is 0 Å². The average Bonchev–Trinajstić information content (AvgIpc) is 2.54. The van der Waals surface area contributed by atoms with E-state index in [0.717, 1.165) is 25.4 Å². The number of nitrogens with zero attached hydrogens (tertiary/aromatic N) is 1. The first-order valence-corrected chi connectivity index (χ1v) is 24.6. The number of amides is 1. The van der Waals surface area contributed by atoms with Crippen LogP contribution in [0, 0.1) is 0 Å². The summed E-state index contributed by atoms with van der Waals surface area (Å²) in [4.78, 5) is 14.7. The third-order valence-electron chi connectivity index (χ3n) is 4.48. The maximum absolute atomic E-state index is 12.8. The normalized spacial score (nSPS) is 13.3. The monoisotopic (exact) mass is 519 g/mol. The summed E-state index contributed by atoms with van der Waals surface area (Å²) in [6, 6.07) is 0.765. The summed E-state index contributed by atoms with van der Waals surface area (Å²) in [7, 11) is -8.50. The highest BCUT2D eigenvalue weighted by atomic mass is 28.5. The van der Waals surface area contributed by atoms with E-state index in [1.807, 2.05) is 11.8 Å². The summed E-state index contributed by atoms with van der Waals surface area (Å²) in [5, 5.41) is 0. The van der Waals surface area contributed by atoms with Gasteiger partial charge in [-0.05, 0) is 78.7 Å². The van der Waals surface area contributed by atoms with Crippen LogP contribution in [-0.4, -0.2) is 57.7 Å². The van der Waals surface area contributed by atoms with Gasteiger partial charge in [-0.2, -0.15) is 0 Å². The van der Waals surface area contributed by atoms with E-state index in [9.17, 15) is 4.79 Å². The van der Waals surface area contributed by atoms with Gasteiger partial charge in [0.1, 0.15) is 0 Å². The molecule has 0 aromatic heterocycles. The minimum absolute atomic E-state index is 0.0658. The molecular weight excluding hydrogens is 467 g/mol. The summed E-state index contributed by atoms with van der Waals surface area (Å²) >= 11 is 0. The highest BCUT2D eigenvalue weighted by Gasteiger charge is 2.49. The first kappa shape index (κ1) is 32.0. The van der Waals surface area contributed by atoms with Gasteiger partial charge in [0.15, 0.2) is 25.0 Å². The summed E-state index contributed by atoms with van der Waals surface area (Å²) in [5.74, 6) is 0.0658. The maximum atomic E-state index is 12.8. The molecule has 5 nitrogen and oxygen atoms in total. The lowest BCUT2D eigenvalue weighted by molar-refractivity contribution is -0.127. The second-order valence-electron chi connectivity index (χ2n) is 11.9. The molecule has 9 heteroatoms. The number of carbonyl (C=O) groups excluding carboxylic acids is 1. The van der Waals surface area contributed by atoms with Crippen LogP contribution >= 0.6 is 0 Å². The number of rotatable bonds is 17. The van der Waals surface area contributed by atoms with Crippen molar-refractivity contribution in [3.63, 3.8) is 0 Å². The van der Waals surface area contributed by atoms with Crippen LogP contribution in [-0.2, 0) is 17.1 Å². The smallest absolute Gasteiger partial charge is 0.417 e. The molecule has 190 valence electrons. The predicted octanol–water partition coefficient (Wildman–Crippen LogP) is 7.25. The Morgan fingerprint density at radius 1 is 0.719 bits per heavy atom. The second-order valence-corrected chi connectivity index (χ2v) is 28.9. The summed E-state index contributed by atoms with van der Waals surface area (Å²) in [6.45, 7) is 29.3. The minimum Gasteiger partial charge on any atom is -0.417 e. The van der Waals surface area contributed by atoms with Crippen molar-refractivity contribution in [2.45, 2.75) is 117 Å². The Balaban J connectivity index is 5.48. The number of hydrogen-bond acceptors (Lipinski definition) is 4. The fourth-order valence-electron chi connectivity index (χ4n) is 3.59. The predicted molar refractivity (Wildman–Crippen MR) is 149 cm³/mol. The summed E-state index contributed by atoms with van der Waals surface area (Å²) < 4.78 is 20.3. The second kappa shape index (κ2) is 13.7. The zero-order valence-electron chi connectivity index (χ0n) is 23.2. The first-order chi connectivity index (χ1) is 14.4. The summed E-state index contributed by atoms with van der Waals surface area (Å²) in [6.07, 6.45) is 6.77. The lowest BCUT2D eigenvalue weighted by Crippen LogP contribution is -2.60. The van der Waals surface area contributed by atoms with Gasteiger partial charge in [0.05, 0.1) is 0 Å². The molecule has 0 aromatic rings. The van der Waals surface area contributed by atoms with Crippen LogP contribution in [0.15, 0.2) is 12.2 Å². The van der Waals surface area contributed by atoms with Crippen LogP contribution in [0.4, 0.5) is 0 Å². The van der Waals surface area contributed by atoms with Gasteiger partial charge in [-0.15, -0.1) is 0 Å². The van der Waals surface area contributed by atoms with Crippen molar-refractivity contribution in [1.82, 2.24) is 4.90 Å². The maximum Gasteiger partial charge on any atom is 0.469 e. The van der Waals surface area contributed by atoms with E-state index in [2.05, 4.69) is 72.4 Å². The fourth-order valence-corrected chi connectivity index (χ4v) is 18.2. The molecule has 0 atom stereocenters. The quantitative estimate of drug-likeness (QED) is 0.115. The third-order valence-corrected chi connectivity index (χ3v) is 16.5. The molecule has 0 heterocycles. The average molecular weight is 520 g/mol. The van der Waals surface area contributed by atoms with Crippen LogP contribution in [0.1, 0.15) is 52.4 Å². The number of hydrogen-bond donors (Lipinski definition) is 0. The molecule has 0 radical (unpaired) electrons. The topological polar surface area (TPSA) is 48.0 Å².